The Labute approximate surface area is 222 Å². The Morgan fingerprint density at radius 1 is 0.816 bits per heavy atom. The fourth-order valence-corrected chi connectivity index (χ4v) is 4.54. The number of nitrogens with zero attached hydrogens (tertiary/aromatic N) is 1. The highest BCUT2D eigenvalue weighted by atomic mass is 16.5. The van der Waals surface area contributed by atoms with Crippen molar-refractivity contribution in [3.8, 4) is 0 Å². The van der Waals surface area contributed by atoms with E-state index in [-0.39, 0.29) is 31.3 Å². The number of hydrogen-bond acceptors (Lipinski definition) is 5. The highest BCUT2D eigenvalue weighted by molar-refractivity contribution is 5.93. The van der Waals surface area contributed by atoms with Gasteiger partial charge in [-0.3, -0.25) is 14.4 Å². The van der Waals surface area contributed by atoms with E-state index in [1.807, 2.05) is 91.0 Å². The molecule has 1 saturated heterocycles. The van der Waals surface area contributed by atoms with E-state index in [0.29, 0.717) is 6.42 Å². The number of methoxy groups -OCH3 is 1. The number of hydrogen-bond donors (Lipinski definition) is 2. The monoisotopic (exact) mass is 513 g/mol. The lowest BCUT2D eigenvalue weighted by atomic mass is 9.94. The lowest BCUT2D eigenvalue weighted by molar-refractivity contribution is -0.150. The third-order valence-electron chi connectivity index (χ3n) is 6.58. The minimum absolute atomic E-state index is 0.119. The average Bonchev–Trinajstić information content (AvgIpc) is 2.95. The molecule has 1 aliphatic heterocycles. The summed E-state index contributed by atoms with van der Waals surface area (Å²) < 4.78 is 4.92. The molecule has 0 aromatic heterocycles. The quantitative estimate of drug-likeness (QED) is 0.303. The molecule has 1 fully saturated rings. The van der Waals surface area contributed by atoms with Crippen LogP contribution in [0.15, 0.2) is 91.0 Å². The van der Waals surface area contributed by atoms with Gasteiger partial charge in [0.2, 0.25) is 17.7 Å². The Kier molecular flexibility index (Phi) is 8.87. The summed E-state index contributed by atoms with van der Waals surface area (Å²) in [7, 11) is 1.27. The van der Waals surface area contributed by atoms with E-state index in [1.165, 1.54) is 12.0 Å². The summed E-state index contributed by atoms with van der Waals surface area (Å²) in [5.41, 5.74) is 2.66. The molecule has 8 nitrogen and oxygen atoms in total. The average molecular weight is 514 g/mol. The van der Waals surface area contributed by atoms with Crippen LogP contribution in [0.5, 0.6) is 0 Å². The van der Waals surface area contributed by atoms with Crippen LogP contribution in [0.25, 0.3) is 0 Å². The molecule has 196 valence electrons. The number of β-lactam (4-membered cyclic amide) rings is 1. The molecule has 3 aromatic carbocycles. The largest absolute Gasteiger partial charge is 0.467 e. The highest BCUT2D eigenvalue weighted by Crippen LogP contribution is 2.33. The summed E-state index contributed by atoms with van der Waals surface area (Å²) in [6, 6.07) is 26.0. The molecule has 4 rings (SSSR count). The highest BCUT2D eigenvalue weighted by Gasteiger charge is 2.38. The van der Waals surface area contributed by atoms with E-state index in [9.17, 15) is 19.2 Å². The number of carbonyl (C=O) groups is 4. The number of rotatable bonds is 11. The Morgan fingerprint density at radius 3 is 1.87 bits per heavy atom. The minimum Gasteiger partial charge on any atom is -0.467 e. The van der Waals surface area contributed by atoms with Crippen LogP contribution in [0.1, 0.15) is 29.2 Å². The molecular weight excluding hydrogens is 482 g/mol. The van der Waals surface area contributed by atoms with Crippen molar-refractivity contribution in [2.75, 3.05) is 13.7 Å². The van der Waals surface area contributed by atoms with Gasteiger partial charge in [-0.25, -0.2) is 4.79 Å². The van der Waals surface area contributed by atoms with Gasteiger partial charge < -0.3 is 20.3 Å². The first-order chi connectivity index (χ1) is 18.4. The first-order valence-corrected chi connectivity index (χ1v) is 12.5. The Hall–Kier alpha value is -4.46. The van der Waals surface area contributed by atoms with Gasteiger partial charge in [-0.15, -0.1) is 0 Å². The van der Waals surface area contributed by atoms with E-state index >= 15 is 0 Å². The molecular formula is C30H31N3O5. The molecule has 3 amide bonds. The van der Waals surface area contributed by atoms with E-state index in [4.69, 9.17) is 4.74 Å². The lowest BCUT2D eigenvalue weighted by Gasteiger charge is -2.40. The Bertz CT molecular complexity index is 1250. The van der Waals surface area contributed by atoms with Gasteiger partial charge in [-0.1, -0.05) is 91.0 Å². The number of esters is 1. The number of nitrogens with one attached hydrogen (secondary N) is 2. The van der Waals surface area contributed by atoms with Crippen LogP contribution in [0.3, 0.4) is 0 Å². The van der Waals surface area contributed by atoms with Gasteiger partial charge in [-0.2, -0.15) is 0 Å². The van der Waals surface area contributed by atoms with Gasteiger partial charge in [0.05, 0.1) is 19.6 Å². The maximum absolute atomic E-state index is 13.4. The second-order valence-corrected chi connectivity index (χ2v) is 9.24. The standard InChI is InChI=1S/C30H31N3O5/c1-38-30(37)25(18-22-13-7-3-8-14-22)32-29(36)24(17-21-11-5-2-6-12-21)31-27(34)20-33-26(19-28(33)35)23-15-9-4-10-16-23/h2-16,24-26H,17-20H2,1H3,(H,31,34)(H,32,36)/t24-,25-,26?/m0/s1. The second-order valence-electron chi connectivity index (χ2n) is 9.24. The molecule has 8 heteroatoms. The Morgan fingerprint density at radius 2 is 1.34 bits per heavy atom. The van der Waals surface area contributed by atoms with Gasteiger partial charge in [0, 0.05) is 12.8 Å². The predicted octanol–water partition coefficient (Wildman–Crippen LogP) is 2.59. The fraction of sp³-hybridized carbons (Fsp3) is 0.267. The van der Waals surface area contributed by atoms with E-state index in [2.05, 4.69) is 10.6 Å². The number of benzene rings is 3. The van der Waals surface area contributed by atoms with Gasteiger partial charge in [0.15, 0.2) is 0 Å². The van der Waals surface area contributed by atoms with Crippen molar-refractivity contribution in [1.29, 1.82) is 0 Å². The maximum Gasteiger partial charge on any atom is 0.328 e. The smallest absolute Gasteiger partial charge is 0.328 e. The summed E-state index contributed by atoms with van der Waals surface area (Å²) in [6.07, 6.45) is 0.797. The first kappa shape index (κ1) is 26.6. The van der Waals surface area contributed by atoms with Crippen molar-refractivity contribution < 1.29 is 23.9 Å². The van der Waals surface area contributed by atoms with Gasteiger partial charge >= 0.3 is 5.97 Å². The van der Waals surface area contributed by atoms with Crippen LogP contribution in [0.2, 0.25) is 0 Å². The second kappa shape index (κ2) is 12.7. The van der Waals surface area contributed by atoms with Crippen LogP contribution in [0, 0.1) is 0 Å². The Balaban J connectivity index is 1.47. The molecule has 1 heterocycles. The van der Waals surface area contributed by atoms with Crippen molar-refractivity contribution >= 4 is 23.7 Å². The van der Waals surface area contributed by atoms with Crippen LogP contribution in [0.4, 0.5) is 0 Å². The van der Waals surface area contributed by atoms with Crippen molar-refractivity contribution in [2.45, 2.75) is 37.4 Å². The SMILES string of the molecule is COC(=O)[C@H](Cc1ccccc1)NC(=O)[C@H](Cc1ccccc1)NC(=O)CN1C(=O)CC1c1ccccc1. The van der Waals surface area contributed by atoms with Crippen molar-refractivity contribution in [1.82, 2.24) is 15.5 Å². The third-order valence-corrected chi connectivity index (χ3v) is 6.58. The number of likely N-dealkylation sites (tertiary alicyclic amines) is 1. The summed E-state index contributed by atoms with van der Waals surface area (Å²) >= 11 is 0. The number of carbonyl (C=O) groups excluding carboxylic acids is 4. The van der Waals surface area contributed by atoms with Crippen molar-refractivity contribution in [2.24, 2.45) is 0 Å². The van der Waals surface area contributed by atoms with Gasteiger partial charge in [0.25, 0.3) is 0 Å². The molecule has 3 atom stereocenters. The number of amides is 3. The molecule has 0 saturated carbocycles. The minimum atomic E-state index is -0.959. The van der Waals surface area contributed by atoms with Gasteiger partial charge in [0.1, 0.15) is 18.6 Å². The van der Waals surface area contributed by atoms with Crippen LogP contribution < -0.4 is 10.6 Å². The summed E-state index contributed by atoms with van der Waals surface area (Å²) in [4.78, 5) is 52.8. The summed E-state index contributed by atoms with van der Waals surface area (Å²) in [5.74, 6) is -1.66. The molecule has 0 spiro atoms. The molecule has 0 aliphatic carbocycles. The summed E-state index contributed by atoms with van der Waals surface area (Å²) in [5, 5.41) is 5.54. The lowest BCUT2D eigenvalue weighted by Crippen LogP contribution is -2.56. The molecule has 3 aromatic rings. The van der Waals surface area contributed by atoms with Crippen LogP contribution >= 0.6 is 0 Å². The molecule has 2 N–H and O–H groups in total. The van der Waals surface area contributed by atoms with E-state index < -0.39 is 29.9 Å². The van der Waals surface area contributed by atoms with Gasteiger partial charge in [-0.05, 0) is 16.7 Å². The van der Waals surface area contributed by atoms with Crippen LogP contribution in [-0.2, 0) is 36.8 Å². The topological polar surface area (TPSA) is 105 Å². The molecule has 38 heavy (non-hydrogen) atoms. The van der Waals surface area contributed by atoms with Crippen LogP contribution in [-0.4, -0.2) is 54.3 Å². The van der Waals surface area contributed by atoms with Crippen molar-refractivity contribution in [3.63, 3.8) is 0 Å². The number of ether oxygens (including phenoxy) is 1. The summed E-state index contributed by atoms with van der Waals surface area (Å²) in [6.45, 7) is -0.165. The molecule has 1 unspecified atom stereocenters. The fourth-order valence-electron chi connectivity index (χ4n) is 4.54. The molecule has 0 radical (unpaired) electrons. The first-order valence-electron chi connectivity index (χ1n) is 12.5. The molecule has 0 bridgehead atoms. The van der Waals surface area contributed by atoms with Crippen molar-refractivity contribution in [3.05, 3.63) is 108 Å². The zero-order chi connectivity index (χ0) is 26.9. The predicted molar refractivity (Wildman–Crippen MR) is 142 cm³/mol. The van der Waals surface area contributed by atoms with E-state index in [0.717, 1.165) is 16.7 Å². The maximum atomic E-state index is 13.4. The van der Waals surface area contributed by atoms with E-state index in [1.54, 1.807) is 0 Å². The molecule has 1 aliphatic rings. The zero-order valence-corrected chi connectivity index (χ0v) is 21.2. The normalized spacial score (nSPS) is 16.1. The third kappa shape index (κ3) is 6.85. The zero-order valence-electron chi connectivity index (χ0n) is 21.2.